The summed E-state index contributed by atoms with van der Waals surface area (Å²) in [6, 6.07) is 3.42. The van der Waals surface area contributed by atoms with Crippen LogP contribution in [0.25, 0.3) is 0 Å². The van der Waals surface area contributed by atoms with Crippen LogP contribution in [-0.4, -0.2) is 26.4 Å². The van der Waals surface area contributed by atoms with Gasteiger partial charge in [0, 0.05) is 17.6 Å². The highest BCUT2D eigenvalue weighted by molar-refractivity contribution is 7.89. The van der Waals surface area contributed by atoms with Gasteiger partial charge < -0.3 is 5.73 Å². The Labute approximate surface area is 128 Å². The number of sulfonamides is 1. The number of halogens is 2. The van der Waals surface area contributed by atoms with Crippen LogP contribution in [0.1, 0.15) is 12.8 Å². The van der Waals surface area contributed by atoms with Crippen molar-refractivity contribution < 1.29 is 13.3 Å². The molecule has 0 amide bonds. The van der Waals surface area contributed by atoms with Crippen LogP contribution in [0.15, 0.2) is 23.1 Å². The van der Waals surface area contributed by atoms with Crippen LogP contribution in [-0.2, 0) is 10.0 Å². The zero-order valence-corrected chi connectivity index (χ0v) is 12.8. The van der Waals surface area contributed by atoms with E-state index in [1.165, 1.54) is 6.07 Å². The Hall–Kier alpha value is -0.930. The minimum absolute atomic E-state index is 0. The fraction of sp³-hybridized carbons (Fsp3) is 0.400. The molecule has 0 aliphatic carbocycles. The third-order valence-electron chi connectivity index (χ3n) is 2.33. The molecule has 0 spiro atoms. The van der Waals surface area contributed by atoms with E-state index in [0.29, 0.717) is 19.4 Å². The van der Waals surface area contributed by atoms with E-state index in [2.05, 4.69) is 4.72 Å². The fourth-order valence-electron chi connectivity index (χ4n) is 1.41. The number of nitrogens with one attached hydrogen (secondary N) is 1. The summed E-state index contributed by atoms with van der Waals surface area (Å²) < 4.78 is 26.2. The SMILES string of the molecule is Cl.NCCCCNS(=O)(=O)c1ccc(Cl)cc1[N+](=O)[O-]. The molecule has 0 aliphatic rings. The summed E-state index contributed by atoms with van der Waals surface area (Å²) in [5.74, 6) is 0. The second-order valence-electron chi connectivity index (χ2n) is 3.76. The van der Waals surface area contributed by atoms with E-state index in [0.717, 1.165) is 12.1 Å². The number of nitro benzene ring substituents is 1. The lowest BCUT2D eigenvalue weighted by molar-refractivity contribution is -0.387. The first-order chi connectivity index (χ1) is 8.88. The summed E-state index contributed by atoms with van der Waals surface area (Å²) in [5, 5.41) is 10.9. The highest BCUT2D eigenvalue weighted by Gasteiger charge is 2.25. The number of hydrogen-bond donors (Lipinski definition) is 2. The summed E-state index contributed by atoms with van der Waals surface area (Å²) in [5.41, 5.74) is 4.75. The lowest BCUT2D eigenvalue weighted by Crippen LogP contribution is -2.26. The summed E-state index contributed by atoms with van der Waals surface area (Å²) >= 11 is 5.62. The van der Waals surface area contributed by atoms with Crippen molar-refractivity contribution in [2.45, 2.75) is 17.7 Å². The average molecular weight is 344 g/mol. The topological polar surface area (TPSA) is 115 Å². The Balaban J connectivity index is 0.00000361. The van der Waals surface area contributed by atoms with Crippen molar-refractivity contribution in [2.24, 2.45) is 5.73 Å². The van der Waals surface area contributed by atoms with Crippen molar-refractivity contribution in [1.82, 2.24) is 4.72 Å². The van der Waals surface area contributed by atoms with Crippen LogP contribution in [0.3, 0.4) is 0 Å². The number of unbranched alkanes of at least 4 members (excludes halogenated alkanes) is 1. The third-order valence-corrected chi connectivity index (χ3v) is 4.07. The molecule has 0 saturated carbocycles. The number of nitrogens with zero attached hydrogens (tertiary/aromatic N) is 1. The Morgan fingerprint density at radius 1 is 1.35 bits per heavy atom. The number of hydrogen-bond acceptors (Lipinski definition) is 5. The molecule has 0 bridgehead atoms. The van der Waals surface area contributed by atoms with Gasteiger partial charge in [-0.05, 0) is 31.5 Å². The molecule has 0 fully saturated rings. The van der Waals surface area contributed by atoms with Crippen LogP contribution in [0, 0.1) is 10.1 Å². The van der Waals surface area contributed by atoms with E-state index in [1.54, 1.807) is 0 Å². The predicted molar refractivity (Wildman–Crippen MR) is 78.8 cm³/mol. The molecule has 1 aromatic rings. The largest absolute Gasteiger partial charge is 0.330 e. The summed E-state index contributed by atoms with van der Waals surface area (Å²) in [6.45, 7) is 0.641. The molecule has 0 radical (unpaired) electrons. The second-order valence-corrected chi connectivity index (χ2v) is 5.93. The highest BCUT2D eigenvalue weighted by atomic mass is 35.5. The molecule has 0 aromatic heterocycles. The monoisotopic (exact) mass is 343 g/mol. The minimum atomic E-state index is -3.92. The minimum Gasteiger partial charge on any atom is -0.330 e. The third kappa shape index (κ3) is 5.22. The first-order valence-electron chi connectivity index (χ1n) is 5.52. The fourth-order valence-corrected chi connectivity index (χ4v) is 2.80. The van der Waals surface area contributed by atoms with Crippen LogP contribution < -0.4 is 10.5 Å². The van der Waals surface area contributed by atoms with Crippen molar-refractivity contribution >= 4 is 39.7 Å². The summed E-state index contributed by atoms with van der Waals surface area (Å²) in [4.78, 5) is 9.66. The first kappa shape index (κ1) is 19.1. The van der Waals surface area contributed by atoms with Gasteiger partial charge in [-0.1, -0.05) is 11.6 Å². The smallest absolute Gasteiger partial charge is 0.290 e. The van der Waals surface area contributed by atoms with Crippen molar-refractivity contribution in [3.05, 3.63) is 33.3 Å². The maximum atomic E-state index is 11.9. The Kier molecular flexibility index (Phi) is 7.99. The van der Waals surface area contributed by atoms with Gasteiger partial charge in [0.15, 0.2) is 4.90 Å². The zero-order chi connectivity index (χ0) is 14.5. The molecule has 0 unspecified atom stereocenters. The van der Waals surface area contributed by atoms with Crippen molar-refractivity contribution in [3.63, 3.8) is 0 Å². The Morgan fingerprint density at radius 2 is 2.00 bits per heavy atom. The quantitative estimate of drug-likeness (QED) is 0.444. The van der Waals surface area contributed by atoms with Gasteiger partial charge in [-0.2, -0.15) is 0 Å². The predicted octanol–water partition coefficient (Wildman–Crippen LogP) is 1.69. The van der Waals surface area contributed by atoms with Crippen LogP contribution in [0.2, 0.25) is 5.02 Å². The summed E-state index contributed by atoms with van der Waals surface area (Å²) in [7, 11) is -3.92. The average Bonchev–Trinajstić information content (AvgIpc) is 2.34. The number of rotatable bonds is 7. The molecular weight excluding hydrogens is 329 g/mol. The van der Waals surface area contributed by atoms with Crippen LogP contribution in [0.4, 0.5) is 5.69 Å². The van der Waals surface area contributed by atoms with Gasteiger partial charge in [0.1, 0.15) is 0 Å². The molecule has 1 rings (SSSR count). The normalized spacial score (nSPS) is 10.9. The number of nitro groups is 1. The first-order valence-corrected chi connectivity index (χ1v) is 7.38. The Morgan fingerprint density at radius 3 is 2.55 bits per heavy atom. The van der Waals surface area contributed by atoms with Gasteiger partial charge in [-0.15, -0.1) is 12.4 Å². The maximum absolute atomic E-state index is 11.9. The number of nitrogens with two attached hydrogens (primary N) is 1. The van der Waals surface area contributed by atoms with Gasteiger partial charge in [0.05, 0.1) is 4.92 Å². The molecule has 0 atom stereocenters. The van der Waals surface area contributed by atoms with Gasteiger partial charge >= 0.3 is 0 Å². The van der Waals surface area contributed by atoms with E-state index < -0.39 is 25.5 Å². The van der Waals surface area contributed by atoms with Crippen molar-refractivity contribution in [2.75, 3.05) is 13.1 Å². The van der Waals surface area contributed by atoms with Crippen LogP contribution in [0.5, 0.6) is 0 Å². The zero-order valence-electron chi connectivity index (χ0n) is 10.4. The molecule has 20 heavy (non-hydrogen) atoms. The van der Waals surface area contributed by atoms with E-state index >= 15 is 0 Å². The maximum Gasteiger partial charge on any atom is 0.290 e. The second kappa shape index (κ2) is 8.38. The standard InChI is InChI=1S/C10H14ClN3O4S.ClH/c11-8-3-4-10(9(7-8)14(15)16)19(17,18)13-6-2-1-5-12;/h3-4,7,13H,1-2,5-6,12H2;1H. The molecule has 0 aliphatic heterocycles. The summed E-state index contributed by atoms with van der Waals surface area (Å²) in [6.07, 6.45) is 1.24. The molecule has 114 valence electrons. The van der Waals surface area contributed by atoms with E-state index in [-0.39, 0.29) is 24.0 Å². The molecule has 3 N–H and O–H groups in total. The molecule has 0 saturated heterocycles. The molecular formula is C10H15Cl2N3O4S. The lowest BCUT2D eigenvalue weighted by Gasteiger charge is -2.07. The van der Waals surface area contributed by atoms with Crippen molar-refractivity contribution in [3.8, 4) is 0 Å². The van der Waals surface area contributed by atoms with E-state index in [9.17, 15) is 18.5 Å². The van der Waals surface area contributed by atoms with E-state index in [1.807, 2.05) is 0 Å². The highest BCUT2D eigenvalue weighted by Crippen LogP contribution is 2.26. The van der Waals surface area contributed by atoms with E-state index in [4.69, 9.17) is 17.3 Å². The molecule has 0 heterocycles. The van der Waals surface area contributed by atoms with Gasteiger partial charge in [0.25, 0.3) is 5.69 Å². The van der Waals surface area contributed by atoms with Crippen molar-refractivity contribution in [1.29, 1.82) is 0 Å². The molecule has 10 heteroatoms. The van der Waals surface area contributed by atoms with Gasteiger partial charge in [0.2, 0.25) is 10.0 Å². The van der Waals surface area contributed by atoms with Gasteiger partial charge in [-0.3, -0.25) is 10.1 Å². The van der Waals surface area contributed by atoms with Gasteiger partial charge in [-0.25, -0.2) is 13.1 Å². The Bertz CT molecular complexity index is 566. The molecule has 1 aromatic carbocycles. The lowest BCUT2D eigenvalue weighted by atomic mass is 10.3. The number of benzene rings is 1. The molecule has 7 nitrogen and oxygen atoms in total. The van der Waals surface area contributed by atoms with Crippen LogP contribution >= 0.6 is 24.0 Å².